The highest BCUT2D eigenvalue weighted by Crippen LogP contribution is 2.26. The first kappa shape index (κ1) is 14.0. The number of sulfonamides is 1. The molecule has 1 aliphatic rings. The number of piperidine rings is 1. The molecule has 0 spiro atoms. The Labute approximate surface area is 113 Å². The highest BCUT2D eigenvalue weighted by atomic mass is 32.2. The monoisotopic (exact) mass is 280 g/mol. The van der Waals surface area contributed by atoms with E-state index in [0.29, 0.717) is 31.5 Å². The van der Waals surface area contributed by atoms with Crippen LogP contribution in [0.2, 0.25) is 0 Å². The summed E-state index contributed by atoms with van der Waals surface area (Å²) in [4.78, 5) is 0.188. The van der Waals surface area contributed by atoms with Crippen LogP contribution in [0.15, 0.2) is 29.2 Å². The molecule has 0 bridgehead atoms. The molecule has 0 amide bonds. The summed E-state index contributed by atoms with van der Waals surface area (Å²) >= 11 is 0. The average Bonchev–Trinajstić information content (AvgIpc) is 2.38. The Morgan fingerprint density at radius 3 is 2.26 bits per heavy atom. The summed E-state index contributed by atoms with van der Waals surface area (Å²) in [6.45, 7) is 2.35. The van der Waals surface area contributed by atoms with E-state index in [9.17, 15) is 13.5 Å². The van der Waals surface area contributed by atoms with Crippen molar-refractivity contribution in [1.29, 1.82) is 5.26 Å². The van der Waals surface area contributed by atoms with Crippen LogP contribution < -0.4 is 0 Å². The largest absolute Gasteiger partial charge is 0.390 e. The van der Waals surface area contributed by atoms with E-state index in [1.54, 1.807) is 6.92 Å². The zero-order valence-corrected chi connectivity index (χ0v) is 11.5. The fraction of sp³-hybridized carbons (Fsp3) is 0.462. The first-order valence-electron chi connectivity index (χ1n) is 6.08. The van der Waals surface area contributed by atoms with Crippen molar-refractivity contribution in [1.82, 2.24) is 4.31 Å². The van der Waals surface area contributed by atoms with E-state index in [-0.39, 0.29) is 4.90 Å². The van der Waals surface area contributed by atoms with Crippen LogP contribution in [0.5, 0.6) is 0 Å². The summed E-state index contributed by atoms with van der Waals surface area (Å²) in [5.74, 6) is 0. The number of rotatable bonds is 2. The highest BCUT2D eigenvalue weighted by molar-refractivity contribution is 7.89. The molecule has 19 heavy (non-hydrogen) atoms. The van der Waals surface area contributed by atoms with Gasteiger partial charge < -0.3 is 5.11 Å². The van der Waals surface area contributed by atoms with Crippen LogP contribution in [-0.2, 0) is 10.0 Å². The van der Waals surface area contributed by atoms with Crippen molar-refractivity contribution in [3.63, 3.8) is 0 Å². The Morgan fingerprint density at radius 2 is 1.79 bits per heavy atom. The van der Waals surface area contributed by atoms with Gasteiger partial charge in [-0.2, -0.15) is 9.57 Å². The van der Waals surface area contributed by atoms with Crippen LogP contribution >= 0.6 is 0 Å². The van der Waals surface area contributed by atoms with E-state index in [1.807, 2.05) is 6.07 Å². The molecular weight excluding hydrogens is 264 g/mol. The number of hydrogen-bond acceptors (Lipinski definition) is 4. The van der Waals surface area contributed by atoms with Crippen molar-refractivity contribution < 1.29 is 13.5 Å². The molecule has 1 fully saturated rings. The SMILES string of the molecule is CC1(O)CCN(S(=O)(=O)c2ccc(C#N)cc2)CC1. The van der Waals surface area contributed by atoms with E-state index < -0.39 is 15.6 Å². The van der Waals surface area contributed by atoms with Crippen LogP contribution in [0.3, 0.4) is 0 Å². The molecule has 0 aromatic heterocycles. The lowest BCUT2D eigenvalue weighted by atomic mass is 9.95. The zero-order chi connectivity index (χ0) is 14.1. The van der Waals surface area contributed by atoms with Crippen molar-refractivity contribution in [3.8, 4) is 6.07 Å². The van der Waals surface area contributed by atoms with Crippen LogP contribution in [0, 0.1) is 11.3 Å². The molecule has 0 unspecified atom stereocenters. The quantitative estimate of drug-likeness (QED) is 0.879. The molecule has 1 aliphatic heterocycles. The van der Waals surface area contributed by atoms with Crippen LogP contribution in [0.4, 0.5) is 0 Å². The third-order valence-electron chi connectivity index (χ3n) is 3.42. The maximum absolute atomic E-state index is 12.4. The Balaban J connectivity index is 2.21. The minimum Gasteiger partial charge on any atom is -0.390 e. The molecule has 6 heteroatoms. The summed E-state index contributed by atoms with van der Waals surface area (Å²) in [7, 11) is -3.52. The molecule has 1 N–H and O–H groups in total. The van der Waals surface area contributed by atoms with Crippen LogP contribution in [-0.4, -0.2) is 36.5 Å². The molecule has 0 radical (unpaired) electrons. The number of nitrogens with zero attached hydrogens (tertiary/aromatic N) is 2. The van der Waals surface area contributed by atoms with Crippen molar-refractivity contribution in [2.24, 2.45) is 0 Å². The summed E-state index contributed by atoms with van der Waals surface area (Å²) in [6, 6.07) is 7.83. The van der Waals surface area contributed by atoms with Gasteiger partial charge in [-0.1, -0.05) is 0 Å². The molecule has 0 aliphatic carbocycles. The van der Waals surface area contributed by atoms with E-state index >= 15 is 0 Å². The van der Waals surface area contributed by atoms with E-state index in [1.165, 1.54) is 28.6 Å². The molecule has 1 heterocycles. The Hall–Kier alpha value is -1.42. The van der Waals surface area contributed by atoms with Gasteiger partial charge in [-0.15, -0.1) is 0 Å². The fourth-order valence-corrected chi connectivity index (χ4v) is 3.50. The smallest absolute Gasteiger partial charge is 0.243 e. The summed E-state index contributed by atoms with van der Waals surface area (Å²) in [5, 5.41) is 18.5. The van der Waals surface area contributed by atoms with E-state index in [0.717, 1.165) is 0 Å². The number of nitriles is 1. The van der Waals surface area contributed by atoms with Gasteiger partial charge in [0.15, 0.2) is 0 Å². The molecule has 102 valence electrons. The molecule has 1 saturated heterocycles. The number of benzene rings is 1. The Morgan fingerprint density at radius 1 is 1.26 bits per heavy atom. The van der Waals surface area contributed by atoms with Gasteiger partial charge in [0.2, 0.25) is 10.0 Å². The molecule has 0 atom stereocenters. The second-order valence-electron chi connectivity index (χ2n) is 5.04. The van der Waals surface area contributed by atoms with Crippen LogP contribution in [0.1, 0.15) is 25.3 Å². The first-order valence-corrected chi connectivity index (χ1v) is 7.52. The van der Waals surface area contributed by atoms with Crippen molar-refractivity contribution in [2.45, 2.75) is 30.3 Å². The lowest BCUT2D eigenvalue weighted by Crippen LogP contribution is -2.45. The van der Waals surface area contributed by atoms with E-state index in [4.69, 9.17) is 5.26 Å². The molecule has 0 saturated carbocycles. The van der Waals surface area contributed by atoms with Gasteiger partial charge in [-0.3, -0.25) is 0 Å². The summed E-state index contributed by atoms with van der Waals surface area (Å²) in [6.07, 6.45) is 0.866. The molecule has 2 rings (SSSR count). The molecule has 5 nitrogen and oxygen atoms in total. The van der Waals surface area contributed by atoms with E-state index in [2.05, 4.69) is 0 Å². The maximum Gasteiger partial charge on any atom is 0.243 e. The van der Waals surface area contributed by atoms with Crippen LogP contribution in [0.25, 0.3) is 0 Å². The van der Waals surface area contributed by atoms with Gasteiger partial charge in [0.1, 0.15) is 0 Å². The Bertz CT molecular complexity index is 590. The fourth-order valence-electron chi connectivity index (χ4n) is 2.06. The number of aliphatic hydroxyl groups is 1. The minimum atomic E-state index is -3.52. The second kappa shape index (κ2) is 4.93. The lowest BCUT2D eigenvalue weighted by molar-refractivity contribution is 0.0126. The second-order valence-corrected chi connectivity index (χ2v) is 6.98. The molecule has 1 aromatic carbocycles. The normalized spacial score (nSPS) is 19.8. The van der Waals surface area contributed by atoms with Gasteiger partial charge in [0.25, 0.3) is 0 Å². The van der Waals surface area contributed by atoms with Gasteiger partial charge in [0, 0.05) is 13.1 Å². The third kappa shape index (κ3) is 2.95. The molecular formula is C13H16N2O3S. The average molecular weight is 280 g/mol. The highest BCUT2D eigenvalue weighted by Gasteiger charge is 2.33. The van der Waals surface area contributed by atoms with Crippen molar-refractivity contribution in [2.75, 3.05) is 13.1 Å². The summed E-state index contributed by atoms with van der Waals surface area (Å²) in [5.41, 5.74) is -0.350. The first-order chi connectivity index (χ1) is 8.85. The van der Waals surface area contributed by atoms with Gasteiger partial charge in [0.05, 0.1) is 22.1 Å². The zero-order valence-electron chi connectivity index (χ0n) is 10.7. The van der Waals surface area contributed by atoms with Gasteiger partial charge in [-0.05, 0) is 44.0 Å². The Kier molecular flexibility index (Phi) is 3.63. The minimum absolute atomic E-state index is 0.188. The predicted octanol–water partition coefficient (Wildman–Crippen LogP) is 1.09. The molecule has 1 aromatic rings. The predicted molar refractivity (Wildman–Crippen MR) is 69.8 cm³/mol. The topological polar surface area (TPSA) is 81.4 Å². The number of hydrogen-bond donors (Lipinski definition) is 1. The van der Waals surface area contributed by atoms with Gasteiger partial charge in [-0.25, -0.2) is 8.42 Å². The van der Waals surface area contributed by atoms with Crippen molar-refractivity contribution >= 4 is 10.0 Å². The van der Waals surface area contributed by atoms with Crippen molar-refractivity contribution in [3.05, 3.63) is 29.8 Å². The van der Waals surface area contributed by atoms with Gasteiger partial charge >= 0.3 is 0 Å². The summed E-state index contributed by atoms with van der Waals surface area (Å²) < 4.78 is 26.1. The standard InChI is InChI=1S/C13H16N2O3S/c1-13(16)6-8-15(9-7-13)19(17,18)12-4-2-11(10-14)3-5-12/h2-5,16H,6-9H2,1H3. The maximum atomic E-state index is 12.4. The third-order valence-corrected chi connectivity index (χ3v) is 5.33. The lowest BCUT2D eigenvalue weighted by Gasteiger charge is -2.34.